The lowest BCUT2D eigenvalue weighted by Crippen LogP contribution is -2.48. The fraction of sp³-hybridized carbons (Fsp3) is 0.481. The summed E-state index contributed by atoms with van der Waals surface area (Å²) in [5, 5.41) is 4.76. The third-order valence-corrected chi connectivity index (χ3v) is 7.39. The molecule has 0 radical (unpaired) electrons. The highest BCUT2D eigenvalue weighted by Gasteiger charge is 2.23. The molecule has 2 aliphatic rings. The van der Waals surface area contributed by atoms with Gasteiger partial charge in [0.25, 0.3) is 0 Å². The van der Waals surface area contributed by atoms with Gasteiger partial charge >= 0.3 is 0 Å². The van der Waals surface area contributed by atoms with Gasteiger partial charge in [-0.05, 0) is 69.4 Å². The standard InChI is InChI=1S/C27H34FN7O/c1-20-24(10-11-27(36)34-16-14-32(15-17-34)23-8-6-22(28)7-9-23)21(2)35(31-20)26-18-25(29-19-30-26)33-12-4-3-5-13-33/h6-9,18-19H,3-5,10-17H2,1-2H3. The molecule has 2 aromatic heterocycles. The highest BCUT2D eigenvalue weighted by molar-refractivity contribution is 5.77. The van der Waals surface area contributed by atoms with Gasteiger partial charge in [0.1, 0.15) is 18.0 Å². The first-order valence-electron chi connectivity index (χ1n) is 12.9. The van der Waals surface area contributed by atoms with E-state index in [-0.39, 0.29) is 11.7 Å². The molecular formula is C27H34FN7O. The van der Waals surface area contributed by atoms with Crippen LogP contribution in [-0.4, -0.2) is 69.8 Å². The second kappa shape index (κ2) is 10.6. The third kappa shape index (κ3) is 5.20. The SMILES string of the molecule is Cc1nn(-c2cc(N3CCCCC3)ncn2)c(C)c1CCC(=O)N1CCN(c2ccc(F)cc2)CC1. The van der Waals surface area contributed by atoms with Crippen molar-refractivity contribution < 1.29 is 9.18 Å². The molecule has 9 heteroatoms. The molecule has 0 saturated carbocycles. The molecule has 2 fully saturated rings. The first kappa shape index (κ1) is 24.2. The summed E-state index contributed by atoms with van der Waals surface area (Å²) in [5.41, 5.74) is 4.05. The van der Waals surface area contributed by atoms with Crippen LogP contribution in [0.4, 0.5) is 15.9 Å². The molecule has 0 N–H and O–H groups in total. The zero-order valence-electron chi connectivity index (χ0n) is 21.2. The van der Waals surface area contributed by atoms with E-state index < -0.39 is 0 Å². The van der Waals surface area contributed by atoms with E-state index in [1.54, 1.807) is 18.5 Å². The summed E-state index contributed by atoms with van der Waals surface area (Å²) in [6.45, 7) is 8.95. The van der Waals surface area contributed by atoms with Crippen molar-refractivity contribution in [3.05, 3.63) is 59.4 Å². The van der Waals surface area contributed by atoms with E-state index in [1.165, 1.54) is 31.4 Å². The summed E-state index contributed by atoms with van der Waals surface area (Å²) < 4.78 is 15.1. The molecule has 1 aromatic carbocycles. The van der Waals surface area contributed by atoms with E-state index in [2.05, 4.69) is 19.8 Å². The summed E-state index contributed by atoms with van der Waals surface area (Å²) in [5.74, 6) is 1.64. The number of rotatable bonds is 6. The smallest absolute Gasteiger partial charge is 0.223 e. The van der Waals surface area contributed by atoms with E-state index in [4.69, 9.17) is 5.10 Å². The van der Waals surface area contributed by atoms with Gasteiger partial charge in [0.15, 0.2) is 5.82 Å². The molecule has 3 aromatic rings. The topological polar surface area (TPSA) is 70.4 Å². The van der Waals surface area contributed by atoms with E-state index in [0.29, 0.717) is 25.9 Å². The largest absolute Gasteiger partial charge is 0.368 e. The van der Waals surface area contributed by atoms with Crippen LogP contribution in [0.2, 0.25) is 0 Å². The Labute approximate surface area is 211 Å². The lowest BCUT2D eigenvalue weighted by Gasteiger charge is -2.36. The Balaban J connectivity index is 1.20. The Morgan fingerprint density at radius 2 is 1.58 bits per heavy atom. The van der Waals surface area contributed by atoms with Crippen LogP contribution < -0.4 is 9.80 Å². The van der Waals surface area contributed by atoms with Crippen molar-refractivity contribution >= 4 is 17.4 Å². The summed E-state index contributed by atoms with van der Waals surface area (Å²) in [6, 6.07) is 8.56. The minimum absolute atomic E-state index is 0.162. The van der Waals surface area contributed by atoms with Crippen molar-refractivity contribution in [2.75, 3.05) is 49.1 Å². The van der Waals surface area contributed by atoms with Crippen LogP contribution in [0, 0.1) is 19.7 Å². The number of nitrogens with zero attached hydrogens (tertiary/aromatic N) is 7. The number of aryl methyl sites for hydroxylation is 1. The normalized spacial score (nSPS) is 16.5. The van der Waals surface area contributed by atoms with Gasteiger partial charge < -0.3 is 14.7 Å². The van der Waals surface area contributed by atoms with Crippen molar-refractivity contribution in [1.29, 1.82) is 0 Å². The van der Waals surface area contributed by atoms with Gasteiger partial charge in [0, 0.05) is 63.1 Å². The van der Waals surface area contributed by atoms with Gasteiger partial charge in [-0.15, -0.1) is 0 Å². The number of hydrogen-bond acceptors (Lipinski definition) is 6. The average Bonchev–Trinajstić information content (AvgIpc) is 3.21. The van der Waals surface area contributed by atoms with E-state index in [0.717, 1.165) is 60.5 Å². The first-order chi connectivity index (χ1) is 17.5. The lowest BCUT2D eigenvalue weighted by atomic mass is 10.1. The number of anilines is 2. The van der Waals surface area contributed by atoms with E-state index in [9.17, 15) is 9.18 Å². The van der Waals surface area contributed by atoms with Crippen molar-refractivity contribution in [1.82, 2.24) is 24.6 Å². The van der Waals surface area contributed by atoms with Crippen LogP contribution in [0.15, 0.2) is 36.7 Å². The molecule has 0 unspecified atom stereocenters. The van der Waals surface area contributed by atoms with Crippen LogP contribution in [-0.2, 0) is 11.2 Å². The van der Waals surface area contributed by atoms with Crippen molar-refractivity contribution in [2.24, 2.45) is 0 Å². The molecule has 4 heterocycles. The van der Waals surface area contributed by atoms with Crippen LogP contribution in [0.3, 0.4) is 0 Å². The molecule has 2 aliphatic heterocycles. The summed E-state index contributed by atoms with van der Waals surface area (Å²) in [6.07, 6.45) is 6.38. The molecule has 8 nitrogen and oxygen atoms in total. The number of amides is 1. The highest BCUT2D eigenvalue weighted by atomic mass is 19.1. The minimum atomic E-state index is -0.233. The lowest BCUT2D eigenvalue weighted by molar-refractivity contribution is -0.131. The highest BCUT2D eigenvalue weighted by Crippen LogP contribution is 2.23. The van der Waals surface area contributed by atoms with E-state index >= 15 is 0 Å². The van der Waals surface area contributed by atoms with Gasteiger partial charge in [-0.25, -0.2) is 19.0 Å². The number of carbonyl (C=O) groups excluding carboxylic acids is 1. The molecule has 0 bridgehead atoms. The fourth-order valence-corrected chi connectivity index (χ4v) is 5.26. The molecule has 0 aliphatic carbocycles. The Hall–Kier alpha value is -3.49. The maximum atomic E-state index is 13.2. The number of piperazine rings is 1. The maximum absolute atomic E-state index is 13.2. The Morgan fingerprint density at radius 1 is 0.889 bits per heavy atom. The summed E-state index contributed by atoms with van der Waals surface area (Å²) in [4.78, 5) is 28.4. The number of carbonyl (C=O) groups is 1. The number of hydrogen-bond donors (Lipinski definition) is 0. The second-order valence-corrected chi connectivity index (χ2v) is 9.69. The van der Waals surface area contributed by atoms with Gasteiger partial charge in [0.05, 0.1) is 5.69 Å². The molecule has 190 valence electrons. The van der Waals surface area contributed by atoms with Crippen molar-refractivity contribution in [2.45, 2.75) is 46.0 Å². The van der Waals surface area contributed by atoms with E-state index in [1.807, 2.05) is 29.5 Å². The Bertz CT molecular complexity index is 1200. The third-order valence-electron chi connectivity index (χ3n) is 7.39. The van der Waals surface area contributed by atoms with Crippen LogP contribution in [0.5, 0.6) is 0 Å². The number of piperidine rings is 1. The number of benzene rings is 1. The van der Waals surface area contributed by atoms with Gasteiger partial charge in [-0.3, -0.25) is 4.79 Å². The van der Waals surface area contributed by atoms with Gasteiger partial charge in [-0.2, -0.15) is 5.10 Å². The van der Waals surface area contributed by atoms with Gasteiger partial charge in [-0.1, -0.05) is 0 Å². The number of halogens is 1. The quantitative estimate of drug-likeness (QED) is 0.524. The number of aromatic nitrogens is 4. The molecule has 36 heavy (non-hydrogen) atoms. The monoisotopic (exact) mass is 491 g/mol. The molecule has 2 saturated heterocycles. The fourth-order valence-electron chi connectivity index (χ4n) is 5.26. The minimum Gasteiger partial charge on any atom is -0.368 e. The van der Waals surface area contributed by atoms with Crippen molar-refractivity contribution in [3.8, 4) is 5.82 Å². The summed E-state index contributed by atoms with van der Waals surface area (Å²) in [7, 11) is 0. The molecule has 1 amide bonds. The molecule has 0 spiro atoms. The zero-order valence-corrected chi connectivity index (χ0v) is 21.2. The molecular weight excluding hydrogens is 457 g/mol. The first-order valence-corrected chi connectivity index (χ1v) is 12.9. The van der Waals surface area contributed by atoms with Gasteiger partial charge in [0.2, 0.25) is 5.91 Å². The van der Waals surface area contributed by atoms with Crippen LogP contribution in [0.25, 0.3) is 5.82 Å². The second-order valence-electron chi connectivity index (χ2n) is 9.69. The maximum Gasteiger partial charge on any atom is 0.223 e. The molecule has 5 rings (SSSR count). The average molecular weight is 492 g/mol. The Morgan fingerprint density at radius 3 is 2.31 bits per heavy atom. The van der Waals surface area contributed by atoms with Crippen LogP contribution in [0.1, 0.15) is 42.6 Å². The molecule has 0 atom stereocenters. The predicted molar refractivity (Wildman–Crippen MR) is 138 cm³/mol. The Kier molecular flexibility index (Phi) is 7.16. The summed E-state index contributed by atoms with van der Waals surface area (Å²) >= 11 is 0. The predicted octanol–water partition coefficient (Wildman–Crippen LogP) is 3.69. The zero-order chi connectivity index (χ0) is 25.1. The van der Waals surface area contributed by atoms with Crippen LogP contribution >= 0.6 is 0 Å². The van der Waals surface area contributed by atoms with Crippen molar-refractivity contribution in [3.63, 3.8) is 0 Å².